The number of anilines is 1. The summed E-state index contributed by atoms with van der Waals surface area (Å²) in [6.45, 7) is 1.79. The lowest BCUT2D eigenvalue weighted by molar-refractivity contribution is -0.129. The molecule has 2 amide bonds. The Labute approximate surface area is 125 Å². The standard InChI is InChI=1S/C13H13FN2O2S2/c1-2-10-12(18)16(13(19)20-10)7-11(17)15-9-5-3-8(14)4-6-9/h3-6,10H,2,7H2,1H3,(H,15,17). The van der Waals surface area contributed by atoms with Gasteiger partial charge in [-0.15, -0.1) is 0 Å². The molecule has 1 heterocycles. The van der Waals surface area contributed by atoms with E-state index in [9.17, 15) is 14.0 Å². The number of thioether (sulfide) groups is 1. The lowest BCUT2D eigenvalue weighted by atomic mass is 10.3. The number of carbonyl (C=O) groups is 2. The van der Waals surface area contributed by atoms with Gasteiger partial charge in [0.15, 0.2) is 0 Å². The average molecular weight is 312 g/mol. The van der Waals surface area contributed by atoms with Gasteiger partial charge in [0.2, 0.25) is 11.8 Å². The van der Waals surface area contributed by atoms with Gasteiger partial charge in [0.25, 0.3) is 0 Å². The number of hydrogen-bond acceptors (Lipinski definition) is 4. The Morgan fingerprint density at radius 1 is 1.45 bits per heavy atom. The van der Waals surface area contributed by atoms with Crippen LogP contribution in [0.25, 0.3) is 0 Å². The Morgan fingerprint density at radius 2 is 2.10 bits per heavy atom. The molecule has 0 aliphatic carbocycles. The number of benzene rings is 1. The first-order chi connectivity index (χ1) is 9.51. The Bertz CT molecular complexity index is 548. The smallest absolute Gasteiger partial charge is 0.244 e. The van der Waals surface area contributed by atoms with Gasteiger partial charge in [-0.2, -0.15) is 0 Å². The first-order valence-corrected chi connectivity index (χ1v) is 7.37. The number of nitrogens with one attached hydrogen (secondary N) is 1. The number of rotatable bonds is 4. The summed E-state index contributed by atoms with van der Waals surface area (Å²) >= 11 is 6.41. The van der Waals surface area contributed by atoms with Crippen LogP contribution in [-0.4, -0.2) is 32.8 Å². The van der Waals surface area contributed by atoms with Gasteiger partial charge in [-0.1, -0.05) is 30.9 Å². The monoisotopic (exact) mass is 312 g/mol. The van der Waals surface area contributed by atoms with Gasteiger partial charge in [0, 0.05) is 5.69 Å². The highest BCUT2D eigenvalue weighted by atomic mass is 32.2. The van der Waals surface area contributed by atoms with Crippen LogP contribution >= 0.6 is 24.0 Å². The third-order valence-electron chi connectivity index (χ3n) is 2.81. The molecule has 1 saturated heterocycles. The number of carbonyl (C=O) groups excluding carboxylic acids is 2. The molecule has 0 saturated carbocycles. The second kappa shape index (κ2) is 6.32. The predicted molar refractivity (Wildman–Crippen MR) is 81.0 cm³/mol. The summed E-state index contributed by atoms with van der Waals surface area (Å²) < 4.78 is 13.2. The zero-order chi connectivity index (χ0) is 14.7. The van der Waals surface area contributed by atoms with Crippen LogP contribution in [0, 0.1) is 5.82 Å². The fourth-order valence-electron chi connectivity index (χ4n) is 1.78. The van der Waals surface area contributed by atoms with Gasteiger partial charge < -0.3 is 5.32 Å². The van der Waals surface area contributed by atoms with Crippen LogP contribution in [0.2, 0.25) is 0 Å². The van der Waals surface area contributed by atoms with Crippen LogP contribution in [0.5, 0.6) is 0 Å². The highest BCUT2D eigenvalue weighted by Gasteiger charge is 2.36. The second-order valence-electron chi connectivity index (χ2n) is 4.26. The normalized spacial score (nSPS) is 18.5. The molecule has 1 atom stereocenters. The Morgan fingerprint density at radius 3 is 2.65 bits per heavy atom. The van der Waals surface area contributed by atoms with E-state index < -0.39 is 0 Å². The third kappa shape index (κ3) is 3.34. The summed E-state index contributed by atoms with van der Waals surface area (Å²) in [5, 5.41) is 2.41. The lowest BCUT2D eigenvalue weighted by Gasteiger charge is -2.15. The molecule has 7 heteroatoms. The van der Waals surface area contributed by atoms with E-state index in [-0.39, 0.29) is 29.4 Å². The molecule has 1 aromatic rings. The summed E-state index contributed by atoms with van der Waals surface area (Å²) in [7, 11) is 0. The van der Waals surface area contributed by atoms with Crippen molar-refractivity contribution in [3.8, 4) is 0 Å². The van der Waals surface area contributed by atoms with E-state index in [1.165, 1.54) is 40.9 Å². The molecule has 106 valence electrons. The number of thiocarbonyl (C=S) groups is 1. The van der Waals surface area contributed by atoms with Crippen LogP contribution in [0.15, 0.2) is 24.3 Å². The number of nitrogens with zero attached hydrogens (tertiary/aromatic N) is 1. The largest absolute Gasteiger partial charge is 0.325 e. The van der Waals surface area contributed by atoms with Crippen molar-refractivity contribution in [1.82, 2.24) is 4.90 Å². The maximum absolute atomic E-state index is 12.8. The van der Waals surface area contributed by atoms with Gasteiger partial charge in [-0.05, 0) is 30.7 Å². The molecule has 1 unspecified atom stereocenters. The summed E-state index contributed by atoms with van der Waals surface area (Å²) in [4.78, 5) is 25.2. The Hall–Kier alpha value is -1.47. The Balaban J connectivity index is 1.96. The second-order valence-corrected chi connectivity index (χ2v) is 6.10. The fraction of sp³-hybridized carbons (Fsp3) is 0.308. The quantitative estimate of drug-likeness (QED) is 0.868. The van der Waals surface area contributed by atoms with Crippen molar-refractivity contribution >= 4 is 45.8 Å². The fourth-order valence-corrected chi connectivity index (χ4v) is 3.20. The molecule has 0 bridgehead atoms. The SMILES string of the molecule is CCC1SC(=S)N(CC(=O)Nc2ccc(F)cc2)C1=O. The molecule has 4 nitrogen and oxygen atoms in total. The maximum atomic E-state index is 12.8. The van der Waals surface area contributed by atoms with Gasteiger partial charge in [0.1, 0.15) is 16.7 Å². The van der Waals surface area contributed by atoms with Crippen LogP contribution in [0.4, 0.5) is 10.1 Å². The van der Waals surface area contributed by atoms with Gasteiger partial charge in [0.05, 0.1) is 5.25 Å². The molecule has 1 aromatic carbocycles. The Kier molecular flexibility index (Phi) is 4.72. The zero-order valence-electron chi connectivity index (χ0n) is 10.8. The highest BCUT2D eigenvalue weighted by molar-refractivity contribution is 8.24. The summed E-state index contributed by atoms with van der Waals surface area (Å²) in [5.41, 5.74) is 0.480. The molecular formula is C13H13FN2O2S2. The van der Waals surface area contributed by atoms with Crippen LogP contribution in [0.3, 0.4) is 0 Å². The molecular weight excluding hydrogens is 299 g/mol. The number of halogens is 1. The van der Waals surface area contributed by atoms with Crippen LogP contribution < -0.4 is 5.32 Å². The van der Waals surface area contributed by atoms with Crippen molar-refractivity contribution in [3.63, 3.8) is 0 Å². The molecule has 1 aliphatic heterocycles. The van der Waals surface area contributed by atoms with Crippen LogP contribution in [0.1, 0.15) is 13.3 Å². The molecule has 1 aliphatic rings. The van der Waals surface area contributed by atoms with Crippen molar-refractivity contribution in [2.45, 2.75) is 18.6 Å². The minimum absolute atomic E-state index is 0.113. The van der Waals surface area contributed by atoms with Crippen molar-refractivity contribution in [1.29, 1.82) is 0 Å². The van der Waals surface area contributed by atoms with E-state index >= 15 is 0 Å². The lowest BCUT2D eigenvalue weighted by Crippen LogP contribution is -2.38. The topological polar surface area (TPSA) is 49.4 Å². The van der Waals surface area contributed by atoms with Gasteiger partial charge in [-0.3, -0.25) is 14.5 Å². The molecule has 1 fully saturated rings. The van der Waals surface area contributed by atoms with E-state index in [1.807, 2.05) is 6.92 Å². The van der Waals surface area contributed by atoms with Crippen molar-refractivity contribution in [3.05, 3.63) is 30.1 Å². The minimum atomic E-state index is -0.374. The average Bonchev–Trinajstić information content (AvgIpc) is 2.69. The summed E-state index contributed by atoms with van der Waals surface area (Å²) in [6.07, 6.45) is 0.680. The highest BCUT2D eigenvalue weighted by Crippen LogP contribution is 2.29. The molecule has 0 radical (unpaired) electrons. The van der Waals surface area contributed by atoms with Crippen molar-refractivity contribution < 1.29 is 14.0 Å². The van der Waals surface area contributed by atoms with E-state index in [1.54, 1.807) is 0 Å². The predicted octanol–water partition coefficient (Wildman–Crippen LogP) is 2.40. The van der Waals surface area contributed by atoms with E-state index in [0.29, 0.717) is 16.4 Å². The molecule has 2 rings (SSSR count). The van der Waals surface area contributed by atoms with Crippen molar-refractivity contribution in [2.24, 2.45) is 0 Å². The molecule has 0 aromatic heterocycles. The van der Waals surface area contributed by atoms with E-state index in [4.69, 9.17) is 12.2 Å². The molecule has 1 N–H and O–H groups in total. The van der Waals surface area contributed by atoms with Crippen LogP contribution in [-0.2, 0) is 9.59 Å². The zero-order valence-corrected chi connectivity index (χ0v) is 12.4. The van der Waals surface area contributed by atoms with Gasteiger partial charge in [-0.25, -0.2) is 4.39 Å². The van der Waals surface area contributed by atoms with Gasteiger partial charge >= 0.3 is 0 Å². The van der Waals surface area contributed by atoms with E-state index in [2.05, 4.69) is 5.32 Å². The first-order valence-electron chi connectivity index (χ1n) is 6.08. The summed E-state index contributed by atoms with van der Waals surface area (Å²) in [5.74, 6) is -0.859. The van der Waals surface area contributed by atoms with E-state index in [0.717, 1.165) is 0 Å². The number of hydrogen-bond donors (Lipinski definition) is 1. The molecule has 0 spiro atoms. The maximum Gasteiger partial charge on any atom is 0.244 e. The first kappa shape index (κ1) is 14.9. The minimum Gasteiger partial charge on any atom is -0.325 e. The van der Waals surface area contributed by atoms with Crippen molar-refractivity contribution in [2.75, 3.05) is 11.9 Å². The third-order valence-corrected chi connectivity index (χ3v) is 4.56. The number of amides is 2. The summed E-state index contributed by atoms with van der Waals surface area (Å²) in [6, 6.07) is 5.43. The molecule has 20 heavy (non-hydrogen) atoms.